The Bertz CT molecular complexity index is 285. The molecule has 0 radical (unpaired) electrons. The van der Waals surface area contributed by atoms with Crippen molar-refractivity contribution in [1.82, 2.24) is 0 Å². The lowest BCUT2D eigenvalue weighted by atomic mass is 10.2. The van der Waals surface area contributed by atoms with Crippen LogP contribution in [0.25, 0.3) is 5.43 Å². The summed E-state index contributed by atoms with van der Waals surface area (Å²) in [7, 11) is 5.78. The average molecular weight is 177 g/mol. The first-order chi connectivity index (χ1) is 5.99. The molecule has 70 valence electrons. The van der Waals surface area contributed by atoms with Crippen molar-refractivity contribution in [2.75, 3.05) is 21.1 Å². The van der Waals surface area contributed by atoms with Gasteiger partial charge in [0.1, 0.15) is 0 Å². The fourth-order valence-corrected chi connectivity index (χ4v) is 0.954. The van der Waals surface area contributed by atoms with Crippen LogP contribution in [-0.2, 0) is 0 Å². The van der Waals surface area contributed by atoms with E-state index in [1.54, 1.807) is 0 Å². The van der Waals surface area contributed by atoms with E-state index >= 15 is 0 Å². The van der Waals surface area contributed by atoms with Crippen molar-refractivity contribution in [2.45, 2.75) is 0 Å². The molecule has 0 aliphatic heterocycles. The fourth-order valence-electron chi connectivity index (χ4n) is 0.954. The van der Waals surface area contributed by atoms with E-state index in [0.29, 0.717) is 10.4 Å². The molecular formula is C10H15N3. The number of benzene rings is 1. The molecule has 0 heterocycles. The maximum absolute atomic E-state index is 7.70. The molecule has 1 rings (SSSR count). The van der Waals surface area contributed by atoms with E-state index in [0.717, 1.165) is 5.56 Å². The summed E-state index contributed by atoms with van der Waals surface area (Å²) >= 11 is 0. The molecule has 1 aromatic rings. The van der Waals surface area contributed by atoms with Crippen LogP contribution < -0.4 is 0 Å². The summed E-state index contributed by atoms with van der Waals surface area (Å²) in [6.45, 7) is 0. The van der Waals surface area contributed by atoms with Gasteiger partial charge in [-0.05, 0) is 11.4 Å². The van der Waals surface area contributed by atoms with Crippen molar-refractivity contribution in [3.8, 4) is 0 Å². The summed E-state index contributed by atoms with van der Waals surface area (Å²) in [6, 6.07) is 9.54. The van der Waals surface area contributed by atoms with E-state index in [4.69, 9.17) is 5.41 Å². The summed E-state index contributed by atoms with van der Waals surface area (Å²) in [5.41, 5.74) is 5.06. The highest BCUT2D eigenvalue weighted by Gasteiger charge is 2.03. The molecule has 0 spiro atoms. The van der Waals surface area contributed by atoms with Gasteiger partial charge < -0.3 is 5.41 Å². The smallest absolute Gasteiger partial charge is 0.0770 e. The molecular weight excluding hydrogens is 162 g/mol. The van der Waals surface area contributed by atoms with Crippen molar-refractivity contribution < 1.29 is 4.59 Å². The van der Waals surface area contributed by atoms with Crippen molar-refractivity contribution in [3.63, 3.8) is 0 Å². The lowest BCUT2D eigenvalue weighted by Gasteiger charge is -2.31. The van der Waals surface area contributed by atoms with Gasteiger partial charge in [-0.25, -0.2) is 0 Å². The second-order valence-corrected chi connectivity index (χ2v) is 3.76. The molecule has 0 fully saturated rings. The molecule has 0 bridgehead atoms. The van der Waals surface area contributed by atoms with Gasteiger partial charge >= 0.3 is 0 Å². The SMILES string of the molecule is C[N+](C)(C)[N-]C(=N)c1ccccc1. The Hall–Kier alpha value is -1.35. The van der Waals surface area contributed by atoms with Crippen LogP contribution in [0, 0.1) is 5.41 Å². The second kappa shape index (κ2) is 3.58. The first-order valence-electron chi connectivity index (χ1n) is 4.18. The van der Waals surface area contributed by atoms with Crippen LogP contribution in [0.3, 0.4) is 0 Å². The summed E-state index contributed by atoms with van der Waals surface area (Å²) < 4.78 is 0.424. The minimum Gasteiger partial charge on any atom is -0.478 e. The molecule has 0 atom stereocenters. The third kappa shape index (κ3) is 3.25. The van der Waals surface area contributed by atoms with E-state index in [2.05, 4.69) is 5.43 Å². The topological polar surface area (TPSA) is 38.0 Å². The van der Waals surface area contributed by atoms with Crippen LogP contribution in [0.2, 0.25) is 0 Å². The standard InChI is InChI=1S/C10H15N3/c1-13(2,3)12-10(11)9-7-5-4-6-8-9/h4-8,11H,1-3H3. The third-order valence-corrected chi connectivity index (χ3v) is 1.45. The van der Waals surface area contributed by atoms with Crippen LogP contribution in [0.15, 0.2) is 30.3 Å². The number of quaternary nitrogens is 1. The predicted octanol–water partition coefficient (Wildman–Crippen LogP) is 2.01. The molecule has 3 heteroatoms. The maximum Gasteiger partial charge on any atom is 0.0770 e. The molecule has 0 aliphatic rings. The number of nitrogens with zero attached hydrogens (tertiary/aromatic N) is 2. The second-order valence-electron chi connectivity index (χ2n) is 3.76. The van der Waals surface area contributed by atoms with Gasteiger partial charge in [-0.3, -0.25) is 10.0 Å². The Balaban J connectivity index is 2.71. The lowest BCUT2D eigenvalue weighted by molar-refractivity contribution is -0.827. The summed E-state index contributed by atoms with van der Waals surface area (Å²) in [6.07, 6.45) is 0. The zero-order valence-corrected chi connectivity index (χ0v) is 8.28. The molecule has 0 unspecified atom stereocenters. The molecule has 0 saturated heterocycles. The molecule has 0 aromatic heterocycles. The Labute approximate surface area is 79.1 Å². The van der Waals surface area contributed by atoms with Gasteiger partial charge in [0.2, 0.25) is 0 Å². The third-order valence-electron chi connectivity index (χ3n) is 1.45. The van der Waals surface area contributed by atoms with Gasteiger partial charge in [-0.15, -0.1) is 0 Å². The van der Waals surface area contributed by atoms with Crippen LogP contribution in [0.5, 0.6) is 0 Å². The number of amidine groups is 1. The Morgan fingerprint density at radius 2 is 1.69 bits per heavy atom. The monoisotopic (exact) mass is 177 g/mol. The number of hydrogen-bond donors (Lipinski definition) is 1. The van der Waals surface area contributed by atoms with E-state index in [9.17, 15) is 0 Å². The van der Waals surface area contributed by atoms with E-state index in [1.807, 2.05) is 51.5 Å². The van der Waals surface area contributed by atoms with Crippen molar-refractivity contribution in [3.05, 3.63) is 41.3 Å². The average Bonchev–Trinajstić information content (AvgIpc) is 2.03. The van der Waals surface area contributed by atoms with Gasteiger partial charge in [0, 0.05) is 0 Å². The summed E-state index contributed by atoms with van der Waals surface area (Å²) in [5, 5.41) is 7.70. The molecule has 0 aliphatic carbocycles. The largest absolute Gasteiger partial charge is 0.478 e. The Kier molecular flexibility index (Phi) is 2.68. The quantitative estimate of drug-likeness (QED) is 0.310. The van der Waals surface area contributed by atoms with Crippen LogP contribution >= 0.6 is 0 Å². The van der Waals surface area contributed by atoms with Crippen LogP contribution in [0.1, 0.15) is 5.56 Å². The van der Waals surface area contributed by atoms with Crippen LogP contribution in [-0.4, -0.2) is 31.6 Å². The first kappa shape index (κ1) is 9.74. The summed E-state index contributed by atoms with van der Waals surface area (Å²) in [4.78, 5) is 0. The molecule has 1 aromatic carbocycles. The minimum absolute atomic E-state index is 0.327. The minimum atomic E-state index is 0.327. The number of nitrogens with one attached hydrogen (secondary N) is 1. The van der Waals surface area contributed by atoms with Gasteiger partial charge in [0.25, 0.3) is 0 Å². The van der Waals surface area contributed by atoms with Gasteiger partial charge in [-0.1, -0.05) is 30.3 Å². The zero-order chi connectivity index (χ0) is 9.90. The zero-order valence-electron chi connectivity index (χ0n) is 8.28. The molecule has 0 saturated carbocycles. The van der Waals surface area contributed by atoms with Gasteiger partial charge in [-0.2, -0.15) is 0 Å². The summed E-state index contributed by atoms with van der Waals surface area (Å²) in [5.74, 6) is 0.327. The van der Waals surface area contributed by atoms with E-state index in [-0.39, 0.29) is 0 Å². The van der Waals surface area contributed by atoms with E-state index in [1.165, 1.54) is 0 Å². The predicted molar refractivity (Wildman–Crippen MR) is 54.7 cm³/mol. The normalized spacial score (nSPS) is 11.0. The number of rotatable bonds is 2. The van der Waals surface area contributed by atoms with Crippen molar-refractivity contribution >= 4 is 5.84 Å². The van der Waals surface area contributed by atoms with Crippen molar-refractivity contribution in [2.24, 2.45) is 0 Å². The molecule has 0 amide bonds. The van der Waals surface area contributed by atoms with E-state index < -0.39 is 0 Å². The maximum atomic E-state index is 7.70. The molecule has 1 N–H and O–H groups in total. The van der Waals surface area contributed by atoms with Crippen molar-refractivity contribution in [1.29, 1.82) is 5.41 Å². The lowest BCUT2D eigenvalue weighted by Crippen LogP contribution is -2.31. The Morgan fingerprint density at radius 3 is 2.15 bits per heavy atom. The highest BCUT2D eigenvalue weighted by Crippen LogP contribution is 2.09. The first-order valence-corrected chi connectivity index (χ1v) is 4.18. The molecule has 13 heavy (non-hydrogen) atoms. The van der Waals surface area contributed by atoms with Crippen LogP contribution in [0.4, 0.5) is 0 Å². The number of hydrogen-bond acceptors (Lipinski definition) is 1. The fraction of sp³-hybridized carbons (Fsp3) is 0.300. The van der Waals surface area contributed by atoms with Gasteiger partial charge in [0.15, 0.2) is 0 Å². The highest BCUT2D eigenvalue weighted by molar-refractivity contribution is 6.04. The highest BCUT2D eigenvalue weighted by atomic mass is 15.6. The Morgan fingerprint density at radius 1 is 1.15 bits per heavy atom. The molecule has 3 nitrogen and oxygen atoms in total. The van der Waals surface area contributed by atoms with Gasteiger partial charge in [0.05, 0.1) is 21.1 Å².